The van der Waals surface area contributed by atoms with Gasteiger partial charge in [-0.15, -0.1) is 0 Å². The molecule has 1 aromatic carbocycles. The number of rotatable bonds is 8. The largest absolute Gasteiger partial charge is 0.356 e. The number of hydrogen-bond donors (Lipinski definition) is 1. The maximum atomic E-state index is 11.8. The lowest BCUT2D eigenvalue weighted by Crippen LogP contribution is -2.46. The number of nitrogens with zero attached hydrogens (tertiary/aromatic N) is 2. The van der Waals surface area contributed by atoms with Crippen LogP contribution < -0.4 is 5.32 Å². The molecular weight excluding hydrogens is 286 g/mol. The van der Waals surface area contributed by atoms with E-state index in [1.54, 1.807) is 0 Å². The Hall–Kier alpha value is -1.39. The minimum absolute atomic E-state index is 0.192. The van der Waals surface area contributed by atoms with Gasteiger partial charge in [-0.3, -0.25) is 9.69 Å². The Morgan fingerprint density at radius 3 is 2.39 bits per heavy atom. The first kappa shape index (κ1) is 18.0. The molecule has 23 heavy (non-hydrogen) atoms. The average Bonchev–Trinajstić information content (AvgIpc) is 2.55. The van der Waals surface area contributed by atoms with Gasteiger partial charge in [-0.05, 0) is 17.9 Å². The molecule has 1 aliphatic heterocycles. The number of nitrogens with one attached hydrogen (secondary N) is 1. The first-order valence-corrected chi connectivity index (χ1v) is 8.89. The summed E-state index contributed by atoms with van der Waals surface area (Å²) in [6, 6.07) is 10.6. The van der Waals surface area contributed by atoms with Crippen LogP contribution in [0.15, 0.2) is 30.3 Å². The van der Waals surface area contributed by atoms with Crippen molar-refractivity contribution in [2.45, 2.75) is 33.2 Å². The van der Waals surface area contributed by atoms with E-state index in [1.807, 2.05) is 0 Å². The number of piperazine rings is 1. The van der Waals surface area contributed by atoms with E-state index in [2.05, 4.69) is 59.3 Å². The minimum Gasteiger partial charge on any atom is -0.356 e. The highest BCUT2D eigenvalue weighted by Gasteiger charge is 2.17. The highest BCUT2D eigenvalue weighted by molar-refractivity contribution is 5.76. The smallest absolute Gasteiger partial charge is 0.221 e. The van der Waals surface area contributed by atoms with Crippen molar-refractivity contribution in [2.24, 2.45) is 5.92 Å². The first-order valence-electron chi connectivity index (χ1n) is 8.89. The second-order valence-corrected chi connectivity index (χ2v) is 6.89. The van der Waals surface area contributed by atoms with Crippen molar-refractivity contribution < 1.29 is 4.79 Å². The van der Waals surface area contributed by atoms with Gasteiger partial charge < -0.3 is 10.2 Å². The van der Waals surface area contributed by atoms with Crippen LogP contribution >= 0.6 is 0 Å². The molecule has 1 saturated heterocycles. The molecule has 4 nitrogen and oxygen atoms in total. The van der Waals surface area contributed by atoms with Gasteiger partial charge in [0, 0.05) is 52.2 Å². The van der Waals surface area contributed by atoms with Crippen LogP contribution in [0.4, 0.5) is 0 Å². The number of hydrogen-bond acceptors (Lipinski definition) is 3. The van der Waals surface area contributed by atoms with Crippen molar-refractivity contribution in [2.75, 3.05) is 39.3 Å². The highest BCUT2D eigenvalue weighted by atomic mass is 16.1. The third kappa shape index (κ3) is 7.14. The van der Waals surface area contributed by atoms with Crippen molar-refractivity contribution in [1.29, 1.82) is 0 Å². The molecule has 0 aliphatic carbocycles. The zero-order valence-corrected chi connectivity index (χ0v) is 14.6. The zero-order valence-electron chi connectivity index (χ0n) is 14.6. The van der Waals surface area contributed by atoms with Crippen LogP contribution in [0.2, 0.25) is 0 Å². The van der Waals surface area contributed by atoms with Gasteiger partial charge in [-0.25, -0.2) is 0 Å². The number of carbonyl (C=O) groups excluding carboxylic acids is 1. The lowest BCUT2D eigenvalue weighted by molar-refractivity contribution is -0.121. The van der Waals surface area contributed by atoms with Crippen LogP contribution in [0.1, 0.15) is 32.3 Å². The molecule has 128 valence electrons. The average molecular weight is 317 g/mol. The lowest BCUT2D eigenvalue weighted by Gasteiger charge is -2.34. The molecular formula is C19H31N3O. The van der Waals surface area contributed by atoms with Crippen LogP contribution in [-0.2, 0) is 11.3 Å². The maximum absolute atomic E-state index is 11.8. The molecule has 1 amide bonds. The van der Waals surface area contributed by atoms with Gasteiger partial charge in [0.25, 0.3) is 0 Å². The third-order valence-electron chi connectivity index (χ3n) is 4.41. The molecule has 0 bridgehead atoms. The van der Waals surface area contributed by atoms with E-state index in [1.165, 1.54) is 5.56 Å². The van der Waals surface area contributed by atoms with E-state index >= 15 is 0 Å². The molecule has 1 aliphatic rings. The predicted molar refractivity (Wildman–Crippen MR) is 95.2 cm³/mol. The van der Waals surface area contributed by atoms with Crippen molar-refractivity contribution in [3.05, 3.63) is 35.9 Å². The normalized spacial score (nSPS) is 16.7. The molecule has 1 aromatic rings. The van der Waals surface area contributed by atoms with Gasteiger partial charge >= 0.3 is 0 Å². The van der Waals surface area contributed by atoms with Gasteiger partial charge in [0.2, 0.25) is 5.91 Å². The number of amides is 1. The maximum Gasteiger partial charge on any atom is 0.221 e. The molecule has 0 unspecified atom stereocenters. The van der Waals surface area contributed by atoms with Crippen LogP contribution in [0, 0.1) is 5.92 Å². The van der Waals surface area contributed by atoms with Crippen LogP contribution in [-0.4, -0.2) is 55.0 Å². The fraction of sp³-hybridized carbons (Fsp3) is 0.632. The van der Waals surface area contributed by atoms with E-state index in [9.17, 15) is 4.79 Å². The van der Waals surface area contributed by atoms with Crippen molar-refractivity contribution in [1.82, 2.24) is 15.1 Å². The van der Waals surface area contributed by atoms with Crippen molar-refractivity contribution >= 4 is 5.91 Å². The van der Waals surface area contributed by atoms with Crippen molar-refractivity contribution in [3.8, 4) is 0 Å². The van der Waals surface area contributed by atoms with Gasteiger partial charge in [0.05, 0.1) is 0 Å². The van der Waals surface area contributed by atoms with E-state index in [-0.39, 0.29) is 5.91 Å². The molecule has 0 radical (unpaired) electrons. The first-order chi connectivity index (χ1) is 11.1. The second-order valence-electron chi connectivity index (χ2n) is 6.89. The molecule has 0 aromatic heterocycles. The molecule has 2 rings (SSSR count). The SMILES string of the molecule is CC(C)CCNC(=O)CCN1CCN(Cc2ccccc2)CC1. The van der Waals surface area contributed by atoms with Gasteiger partial charge in [-0.1, -0.05) is 44.2 Å². The minimum atomic E-state index is 0.192. The van der Waals surface area contributed by atoms with Crippen LogP contribution in [0.5, 0.6) is 0 Å². The summed E-state index contributed by atoms with van der Waals surface area (Å²) in [4.78, 5) is 16.7. The van der Waals surface area contributed by atoms with Gasteiger partial charge in [0.15, 0.2) is 0 Å². The van der Waals surface area contributed by atoms with Crippen molar-refractivity contribution in [3.63, 3.8) is 0 Å². The summed E-state index contributed by atoms with van der Waals surface area (Å²) in [6.07, 6.45) is 1.68. The topological polar surface area (TPSA) is 35.6 Å². The Kier molecular flexibility index (Phi) is 7.56. The summed E-state index contributed by atoms with van der Waals surface area (Å²) in [5, 5.41) is 3.02. The molecule has 1 N–H and O–H groups in total. The summed E-state index contributed by atoms with van der Waals surface area (Å²) in [5.74, 6) is 0.838. The fourth-order valence-corrected chi connectivity index (χ4v) is 2.86. The predicted octanol–water partition coefficient (Wildman–Crippen LogP) is 2.36. The molecule has 0 atom stereocenters. The summed E-state index contributed by atoms with van der Waals surface area (Å²) in [7, 11) is 0. The molecule has 1 fully saturated rings. The Labute approximate surface area is 140 Å². The molecule has 1 heterocycles. The summed E-state index contributed by atoms with van der Waals surface area (Å²) < 4.78 is 0. The Balaban J connectivity index is 1.58. The van der Waals surface area contributed by atoms with Gasteiger partial charge in [-0.2, -0.15) is 0 Å². The lowest BCUT2D eigenvalue weighted by atomic mass is 10.1. The Morgan fingerprint density at radius 1 is 1.09 bits per heavy atom. The Bertz CT molecular complexity index is 453. The standard InChI is InChI=1S/C19H31N3O/c1-17(2)8-10-20-19(23)9-11-21-12-14-22(15-13-21)16-18-6-4-3-5-7-18/h3-7,17H,8-16H2,1-2H3,(H,20,23). The van der Waals surface area contributed by atoms with E-state index in [4.69, 9.17) is 0 Å². The fourth-order valence-electron chi connectivity index (χ4n) is 2.86. The Morgan fingerprint density at radius 2 is 1.74 bits per heavy atom. The zero-order chi connectivity index (χ0) is 16.5. The van der Waals surface area contributed by atoms with Crippen LogP contribution in [0.3, 0.4) is 0 Å². The highest BCUT2D eigenvalue weighted by Crippen LogP contribution is 2.08. The third-order valence-corrected chi connectivity index (χ3v) is 4.41. The molecule has 0 saturated carbocycles. The van der Waals surface area contributed by atoms with Gasteiger partial charge in [0.1, 0.15) is 0 Å². The molecule has 0 spiro atoms. The number of benzene rings is 1. The monoisotopic (exact) mass is 317 g/mol. The summed E-state index contributed by atoms with van der Waals surface area (Å²) in [5.41, 5.74) is 1.38. The number of carbonyl (C=O) groups is 1. The van der Waals surface area contributed by atoms with Crippen LogP contribution in [0.25, 0.3) is 0 Å². The summed E-state index contributed by atoms with van der Waals surface area (Å²) in [6.45, 7) is 11.4. The van der Waals surface area contributed by atoms with E-state index in [0.29, 0.717) is 12.3 Å². The van der Waals surface area contributed by atoms with E-state index in [0.717, 1.165) is 52.2 Å². The van der Waals surface area contributed by atoms with E-state index < -0.39 is 0 Å². The second kappa shape index (κ2) is 9.68. The summed E-state index contributed by atoms with van der Waals surface area (Å²) >= 11 is 0. The quantitative estimate of drug-likeness (QED) is 0.799. The molecule has 4 heteroatoms.